The van der Waals surface area contributed by atoms with Crippen LogP contribution in [0.15, 0.2) is 59.5 Å². The number of fused-ring (bicyclic) bond motifs is 1. The van der Waals surface area contributed by atoms with E-state index in [1.54, 1.807) is 30.3 Å². The van der Waals surface area contributed by atoms with Crippen molar-refractivity contribution in [3.8, 4) is 0 Å². The first-order valence-corrected chi connectivity index (χ1v) is 11.8. The zero-order chi connectivity index (χ0) is 20.7. The number of anilines is 2. The molecule has 0 saturated carbocycles. The number of benzene rings is 3. The molecule has 0 radical (unpaired) electrons. The van der Waals surface area contributed by atoms with Gasteiger partial charge in [0.05, 0.1) is 10.6 Å². The summed E-state index contributed by atoms with van der Waals surface area (Å²) in [7, 11) is -9.17. The highest BCUT2D eigenvalue weighted by atomic mass is 35.5. The molecule has 0 heterocycles. The fraction of sp³-hybridized carbons (Fsp3) is 0.0588. The normalized spacial score (nSPS) is 12.3. The van der Waals surface area contributed by atoms with Crippen molar-refractivity contribution in [2.24, 2.45) is 0 Å². The van der Waals surface area contributed by atoms with Gasteiger partial charge in [0.15, 0.2) is 0 Å². The zero-order valence-corrected chi connectivity index (χ0v) is 17.4. The molecule has 0 atom stereocenters. The lowest BCUT2D eigenvalue weighted by molar-refractivity contribution is 0.373. The summed E-state index contributed by atoms with van der Waals surface area (Å²) in [4.78, 5) is 18.8. The van der Waals surface area contributed by atoms with Crippen LogP contribution in [0.25, 0.3) is 10.8 Å². The number of hydrogen-bond acceptors (Lipinski definition) is 4. The molecule has 3 rings (SSSR count). The maximum absolute atomic E-state index is 13.3. The lowest BCUT2D eigenvalue weighted by atomic mass is 10.1. The molecule has 7 nitrogen and oxygen atoms in total. The van der Waals surface area contributed by atoms with Gasteiger partial charge in [0.2, 0.25) is 0 Å². The van der Waals surface area contributed by atoms with Crippen molar-refractivity contribution in [1.82, 2.24) is 0 Å². The lowest BCUT2D eigenvalue weighted by Gasteiger charge is -2.26. The molecule has 0 aromatic heterocycles. The number of nitrogen functional groups attached to an aromatic ring is 1. The van der Waals surface area contributed by atoms with Crippen LogP contribution in [0, 0.1) is 0 Å². The van der Waals surface area contributed by atoms with E-state index in [0.717, 1.165) is 12.1 Å². The van der Waals surface area contributed by atoms with Crippen LogP contribution in [-0.2, 0) is 14.6 Å². The minimum Gasteiger partial charge on any atom is -0.398 e. The van der Waals surface area contributed by atoms with Crippen molar-refractivity contribution >= 4 is 63.0 Å². The first-order chi connectivity index (χ1) is 13.0. The van der Waals surface area contributed by atoms with Gasteiger partial charge in [-0.1, -0.05) is 47.5 Å². The van der Waals surface area contributed by atoms with Gasteiger partial charge in [0.25, 0.3) is 10.0 Å². The summed E-state index contributed by atoms with van der Waals surface area (Å²) in [6.07, 6.45) is -1.06. The van der Waals surface area contributed by atoms with Crippen LogP contribution in [0.1, 0.15) is 0 Å². The molecule has 0 fully saturated rings. The molecule has 0 saturated heterocycles. The van der Waals surface area contributed by atoms with Gasteiger partial charge >= 0.3 is 7.60 Å². The Hall–Kier alpha value is -1.80. The predicted octanol–water partition coefficient (Wildman–Crippen LogP) is 4.06. The molecule has 0 unspecified atom stereocenters. The van der Waals surface area contributed by atoms with Gasteiger partial charge in [-0.25, -0.2) is 8.42 Å². The van der Waals surface area contributed by atoms with Gasteiger partial charge in [0, 0.05) is 26.5 Å². The average molecular weight is 461 g/mol. The van der Waals surface area contributed by atoms with Crippen molar-refractivity contribution < 1.29 is 22.8 Å². The molecule has 0 amide bonds. The van der Waals surface area contributed by atoms with Gasteiger partial charge in [-0.2, -0.15) is 0 Å². The van der Waals surface area contributed by atoms with Crippen LogP contribution in [0.3, 0.4) is 0 Å². The molecule has 0 aliphatic carbocycles. The van der Waals surface area contributed by atoms with Gasteiger partial charge in [-0.05, 0) is 30.3 Å². The number of halogens is 2. The van der Waals surface area contributed by atoms with E-state index in [0.29, 0.717) is 20.8 Å². The van der Waals surface area contributed by atoms with Gasteiger partial charge in [-0.3, -0.25) is 8.87 Å². The van der Waals surface area contributed by atoms with Crippen molar-refractivity contribution in [3.63, 3.8) is 0 Å². The molecule has 0 spiro atoms. The SMILES string of the molecule is Nc1cccc2c(N(CP(=O)(O)O)S(=O)(=O)c3cc(Cl)cc(Cl)c3)cccc12. The van der Waals surface area contributed by atoms with Crippen LogP contribution in [0.2, 0.25) is 10.0 Å². The Bertz CT molecular complexity index is 1190. The molecular weight excluding hydrogens is 446 g/mol. The molecule has 11 heteroatoms. The fourth-order valence-electron chi connectivity index (χ4n) is 2.79. The molecule has 3 aromatic rings. The van der Waals surface area contributed by atoms with Crippen LogP contribution >= 0.6 is 30.8 Å². The molecule has 3 aromatic carbocycles. The van der Waals surface area contributed by atoms with Crippen LogP contribution < -0.4 is 10.0 Å². The van der Waals surface area contributed by atoms with E-state index in [4.69, 9.17) is 28.9 Å². The third-order valence-electron chi connectivity index (χ3n) is 3.94. The molecule has 4 N–H and O–H groups in total. The van der Waals surface area contributed by atoms with E-state index in [9.17, 15) is 22.8 Å². The first kappa shape index (κ1) is 20.9. The third-order valence-corrected chi connectivity index (χ3v) is 6.95. The zero-order valence-electron chi connectivity index (χ0n) is 14.2. The molecule has 0 aliphatic heterocycles. The van der Waals surface area contributed by atoms with Gasteiger partial charge in [-0.15, -0.1) is 0 Å². The second-order valence-electron chi connectivity index (χ2n) is 5.98. The maximum atomic E-state index is 13.3. The standard InChI is InChI=1S/C17H15Cl2N2O5PS/c18-11-7-12(19)9-13(8-11)28(25,26)21(10-27(22,23)24)17-6-2-3-14-15(17)4-1-5-16(14)20/h1-9H,10,20H2,(H2,22,23,24). The van der Waals surface area contributed by atoms with Crippen molar-refractivity contribution in [2.75, 3.05) is 16.3 Å². The van der Waals surface area contributed by atoms with Crippen molar-refractivity contribution in [3.05, 3.63) is 64.6 Å². The Morgan fingerprint density at radius 3 is 2.14 bits per heavy atom. The van der Waals surface area contributed by atoms with E-state index in [2.05, 4.69) is 0 Å². The maximum Gasteiger partial charge on any atom is 0.345 e. The summed E-state index contributed by atoms with van der Waals surface area (Å²) in [5, 5.41) is 1.12. The average Bonchev–Trinajstić information content (AvgIpc) is 2.58. The Labute approximate surface area is 171 Å². The summed E-state index contributed by atoms with van der Waals surface area (Å²) < 4.78 is 38.9. The van der Waals surface area contributed by atoms with E-state index in [1.165, 1.54) is 12.1 Å². The minimum absolute atomic E-state index is 0.0734. The highest BCUT2D eigenvalue weighted by Gasteiger charge is 2.32. The number of nitrogens with two attached hydrogens (primary N) is 1. The summed E-state index contributed by atoms with van der Waals surface area (Å²) in [6, 6.07) is 13.3. The van der Waals surface area contributed by atoms with Crippen LogP contribution in [0.5, 0.6) is 0 Å². The molecule has 28 heavy (non-hydrogen) atoms. The van der Waals surface area contributed by atoms with Crippen LogP contribution in [0.4, 0.5) is 11.4 Å². The smallest absolute Gasteiger partial charge is 0.345 e. The highest BCUT2D eigenvalue weighted by Crippen LogP contribution is 2.42. The second-order valence-corrected chi connectivity index (χ2v) is 10.3. The number of hydrogen-bond donors (Lipinski definition) is 3. The highest BCUT2D eigenvalue weighted by molar-refractivity contribution is 7.93. The second kappa shape index (κ2) is 7.55. The Morgan fingerprint density at radius 2 is 1.54 bits per heavy atom. The number of nitrogens with zero attached hydrogens (tertiary/aromatic N) is 1. The quantitative estimate of drug-likeness (QED) is 0.389. The Morgan fingerprint density at radius 1 is 0.964 bits per heavy atom. The Balaban J connectivity index is 2.29. The topological polar surface area (TPSA) is 121 Å². The Kier molecular flexibility index (Phi) is 5.64. The molecular formula is C17H15Cl2N2O5PS. The molecule has 0 bridgehead atoms. The predicted molar refractivity (Wildman–Crippen MR) is 111 cm³/mol. The van der Waals surface area contributed by atoms with Crippen LogP contribution in [-0.4, -0.2) is 24.5 Å². The van der Waals surface area contributed by atoms with Gasteiger partial charge < -0.3 is 15.5 Å². The fourth-order valence-corrected chi connectivity index (χ4v) is 6.22. The van der Waals surface area contributed by atoms with Crippen molar-refractivity contribution in [1.29, 1.82) is 0 Å². The number of sulfonamides is 1. The third kappa shape index (κ3) is 4.27. The summed E-state index contributed by atoms with van der Waals surface area (Å²) in [5.41, 5.74) is 6.43. The first-order valence-electron chi connectivity index (χ1n) is 7.80. The molecule has 148 valence electrons. The van der Waals surface area contributed by atoms with E-state index in [1.807, 2.05) is 0 Å². The van der Waals surface area contributed by atoms with E-state index < -0.39 is 23.9 Å². The summed E-state index contributed by atoms with van der Waals surface area (Å²) >= 11 is 11.8. The van der Waals surface area contributed by atoms with E-state index in [-0.39, 0.29) is 20.6 Å². The monoisotopic (exact) mass is 460 g/mol. The molecule has 0 aliphatic rings. The summed E-state index contributed by atoms with van der Waals surface area (Å²) in [6.45, 7) is 0. The van der Waals surface area contributed by atoms with Gasteiger partial charge in [0.1, 0.15) is 6.29 Å². The minimum atomic E-state index is -4.77. The van der Waals surface area contributed by atoms with Crippen molar-refractivity contribution in [2.45, 2.75) is 4.90 Å². The lowest BCUT2D eigenvalue weighted by Crippen LogP contribution is -2.32. The van der Waals surface area contributed by atoms with E-state index >= 15 is 0 Å². The largest absolute Gasteiger partial charge is 0.398 e. The summed E-state index contributed by atoms with van der Waals surface area (Å²) in [5.74, 6) is 0. The number of rotatable bonds is 5.